The zero-order chi connectivity index (χ0) is 12.7. The van der Waals surface area contributed by atoms with Gasteiger partial charge in [-0.3, -0.25) is 9.59 Å². The molecule has 0 saturated carbocycles. The number of aliphatic hydroxyl groups excluding tert-OH is 1. The summed E-state index contributed by atoms with van der Waals surface area (Å²) in [5.74, 6) is -1.70. The molecule has 0 aromatic heterocycles. The van der Waals surface area contributed by atoms with E-state index < -0.39 is 29.9 Å². The predicted molar refractivity (Wildman–Crippen MR) is 58.5 cm³/mol. The van der Waals surface area contributed by atoms with Crippen LogP contribution < -0.4 is 11.5 Å². The summed E-state index contributed by atoms with van der Waals surface area (Å²) in [6.45, 7) is 1.97. The summed E-state index contributed by atoms with van der Waals surface area (Å²) in [4.78, 5) is 22.4. The molecule has 94 valence electrons. The van der Waals surface area contributed by atoms with Crippen LogP contribution in [0.25, 0.3) is 0 Å². The van der Waals surface area contributed by atoms with E-state index in [1.165, 1.54) is 7.11 Å². The summed E-state index contributed by atoms with van der Waals surface area (Å²) in [6, 6.07) is -0.690. The van der Waals surface area contributed by atoms with E-state index in [2.05, 4.69) is 4.74 Å². The second-order valence-corrected chi connectivity index (χ2v) is 3.67. The van der Waals surface area contributed by atoms with E-state index in [0.29, 0.717) is 6.42 Å². The summed E-state index contributed by atoms with van der Waals surface area (Å²) < 4.78 is 4.61. The van der Waals surface area contributed by atoms with Crippen LogP contribution in [0.2, 0.25) is 0 Å². The number of aliphatic hydroxyl groups is 1. The van der Waals surface area contributed by atoms with Crippen molar-refractivity contribution in [2.75, 3.05) is 7.11 Å². The molecule has 0 aliphatic carbocycles. The largest absolute Gasteiger partial charge is 0.384 e. The second kappa shape index (κ2) is 7.32. The highest BCUT2D eigenvalue weighted by Gasteiger charge is 2.32. The molecule has 3 atom stereocenters. The Morgan fingerprint density at radius 2 is 2.00 bits per heavy atom. The van der Waals surface area contributed by atoms with Gasteiger partial charge in [0, 0.05) is 13.2 Å². The lowest BCUT2D eigenvalue weighted by Crippen LogP contribution is -2.49. The number of ether oxygens (including phenoxy) is 1. The van der Waals surface area contributed by atoms with Gasteiger partial charge in [-0.1, -0.05) is 19.8 Å². The topological polar surface area (TPSA) is 116 Å². The van der Waals surface area contributed by atoms with E-state index in [-0.39, 0.29) is 0 Å². The average Bonchev–Trinajstić information content (AvgIpc) is 2.24. The first kappa shape index (κ1) is 15.0. The van der Waals surface area contributed by atoms with Gasteiger partial charge in [-0.15, -0.1) is 0 Å². The molecule has 1 unspecified atom stereocenters. The number of unbranched alkanes of at least 4 members (excludes halogenated alkanes) is 1. The lowest BCUT2D eigenvalue weighted by Gasteiger charge is -2.20. The molecule has 5 N–H and O–H groups in total. The van der Waals surface area contributed by atoms with E-state index >= 15 is 0 Å². The number of amides is 1. The Kier molecular flexibility index (Phi) is 6.87. The molecule has 0 saturated heterocycles. The van der Waals surface area contributed by atoms with Crippen LogP contribution in [-0.2, 0) is 14.3 Å². The molecule has 0 heterocycles. The van der Waals surface area contributed by atoms with Crippen molar-refractivity contribution in [1.29, 1.82) is 0 Å². The van der Waals surface area contributed by atoms with Crippen LogP contribution in [0.5, 0.6) is 0 Å². The number of Topliss-reactive ketones (excluding diaryl/α,β-unsaturated/α-hetero) is 1. The van der Waals surface area contributed by atoms with Gasteiger partial charge >= 0.3 is 0 Å². The third-order valence-electron chi connectivity index (χ3n) is 2.34. The highest BCUT2D eigenvalue weighted by molar-refractivity contribution is 6.05. The number of carbonyl (C=O) groups is 2. The zero-order valence-electron chi connectivity index (χ0n) is 9.68. The summed E-state index contributed by atoms with van der Waals surface area (Å²) >= 11 is 0. The van der Waals surface area contributed by atoms with Gasteiger partial charge in [0.25, 0.3) is 5.91 Å². The van der Waals surface area contributed by atoms with Crippen LogP contribution in [0.4, 0.5) is 0 Å². The summed E-state index contributed by atoms with van der Waals surface area (Å²) in [6.07, 6.45) is -0.608. The third-order valence-corrected chi connectivity index (χ3v) is 2.34. The van der Waals surface area contributed by atoms with Crippen molar-refractivity contribution in [3.05, 3.63) is 0 Å². The molecule has 6 nitrogen and oxygen atoms in total. The molecule has 0 aromatic rings. The first-order valence-corrected chi connectivity index (χ1v) is 5.25. The Labute approximate surface area is 94.9 Å². The van der Waals surface area contributed by atoms with Gasteiger partial charge in [-0.05, 0) is 6.42 Å². The van der Waals surface area contributed by atoms with Crippen LogP contribution in [0.1, 0.15) is 26.2 Å². The maximum absolute atomic E-state index is 11.6. The van der Waals surface area contributed by atoms with Crippen molar-refractivity contribution >= 4 is 11.7 Å². The van der Waals surface area contributed by atoms with Crippen molar-refractivity contribution in [2.45, 2.75) is 44.4 Å². The van der Waals surface area contributed by atoms with Crippen LogP contribution >= 0.6 is 0 Å². The minimum atomic E-state index is -1.43. The third kappa shape index (κ3) is 4.26. The first-order valence-electron chi connectivity index (χ1n) is 5.25. The van der Waals surface area contributed by atoms with Crippen molar-refractivity contribution < 1.29 is 19.4 Å². The monoisotopic (exact) mass is 232 g/mol. The van der Waals surface area contributed by atoms with Crippen molar-refractivity contribution in [3.8, 4) is 0 Å². The standard InChI is InChI=1S/C10H20N2O4/c1-3-4-5-6(11)7(13)8(14)9(16-2)10(12)15/h6-7,9,13H,3-5,11H2,1-2H3,(H2,12,15)/t6-,7+,9?/m1/s1. The fourth-order valence-electron chi connectivity index (χ4n) is 1.34. The van der Waals surface area contributed by atoms with Gasteiger partial charge in [0.1, 0.15) is 6.10 Å². The molecule has 0 radical (unpaired) electrons. The number of nitrogens with two attached hydrogens (primary N) is 2. The van der Waals surface area contributed by atoms with Crippen molar-refractivity contribution in [2.24, 2.45) is 11.5 Å². The van der Waals surface area contributed by atoms with Crippen molar-refractivity contribution in [1.82, 2.24) is 0 Å². The van der Waals surface area contributed by atoms with Crippen LogP contribution in [0.15, 0.2) is 0 Å². The molecule has 1 amide bonds. The van der Waals surface area contributed by atoms with Crippen LogP contribution in [0.3, 0.4) is 0 Å². The van der Waals surface area contributed by atoms with E-state index in [9.17, 15) is 14.7 Å². The Balaban J connectivity index is 4.40. The molecule has 6 heteroatoms. The highest BCUT2D eigenvalue weighted by Crippen LogP contribution is 2.06. The number of methoxy groups -OCH3 is 1. The molecular formula is C10H20N2O4. The fourth-order valence-corrected chi connectivity index (χ4v) is 1.34. The number of rotatable bonds is 8. The molecule has 0 fully saturated rings. The van der Waals surface area contributed by atoms with E-state index in [0.717, 1.165) is 12.8 Å². The Morgan fingerprint density at radius 3 is 2.38 bits per heavy atom. The number of carbonyl (C=O) groups excluding carboxylic acids is 2. The molecule has 0 spiro atoms. The van der Waals surface area contributed by atoms with E-state index in [1.807, 2.05) is 6.92 Å². The minimum absolute atomic E-state index is 0.513. The molecule has 0 rings (SSSR count). The Hall–Kier alpha value is -0.980. The van der Waals surface area contributed by atoms with Gasteiger partial charge in [0.15, 0.2) is 6.10 Å². The molecule has 0 aliphatic heterocycles. The van der Waals surface area contributed by atoms with Crippen molar-refractivity contribution in [3.63, 3.8) is 0 Å². The lowest BCUT2D eigenvalue weighted by atomic mass is 9.98. The molecule has 0 bridgehead atoms. The number of ketones is 1. The van der Waals surface area contributed by atoms with E-state index in [1.54, 1.807) is 0 Å². The fraction of sp³-hybridized carbons (Fsp3) is 0.800. The van der Waals surface area contributed by atoms with Gasteiger partial charge in [-0.2, -0.15) is 0 Å². The Morgan fingerprint density at radius 1 is 1.44 bits per heavy atom. The first-order chi connectivity index (χ1) is 7.45. The predicted octanol–water partition coefficient (Wildman–Crippen LogP) is -1.07. The quantitative estimate of drug-likeness (QED) is 0.461. The Bertz CT molecular complexity index is 245. The van der Waals surface area contributed by atoms with Crippen LogP contribution in [0, 0.1) is 0 Å². The summed E-state index contributed by atoms with van der Waals surface area (Å²) in [5.41, 5.74) is 10.6. The molecular weight excluding hydrogens is 212 g/mol. The normalized spacial score (nSPS) is 16.5. The van der Waals surface area contributed by atoms with Gasteiger partial charge in [-0.25, -0.2) is 0 Å². The molecule has 0 aromatic carbocycles. The SMILES string of the molecule is CCCC[C@@H](N)[C@H](O)C(=O)C(OC)C(N)=O. The number of hydrogen-bond donors (Lipinski definition) is 3. The summed E-state index contributed by atoms with van der Waals surface area (Å²) in [5, 5.41) is 9.60. The number of hydrogen-bond acceptors (Lipinski definition) is 5. The maximum Gasteiger partial charge on any atom is 0.254 e. The van der Waals surface area contributed by atoms with Gasteiger partial charge in [0.05, 0.1) is 0 Å². The molecule has 16 heavy (non-hydrogen) atoms. The maximum atomic E-state index is 11.6. The highest BCUT2D eigenvalue weighted by atomic mass is 16.5. The number of primary amides is 1. The minimum Gasteiger partial charge on any atom is -0.384 e. The summed E-state index contributed by atoms with van der Waals surface area (Å²) in [7, 11) is 1.18. The van der Waals surface area contributed by atoms with Gasteiger partial charge < -0.3 is 21.3 Å². The zero-order valence-corrected chi connectivity index (χ0v) is 9.68. The van der Waals surface area contributed by atoms with Gasteiger partial charge in [0.2, 0.25) is 5.78 Å². The second-order valence-electron chi connectivity index (χ2n) is 3.67. The lowest BCUT2D eigenvalue weighted by molar-refractivity contribution is -0.146. The van der Waals surface area contributed by atoms with Crippen LogP contribution in [-0.4, -0.2) is 42.2 Å². The average molecular weight is 232 g/mol. The van der Waals surface area contributed by atoms with E-state index in [4.69, 9.17) is 11.5 Å². The molecule has 0 aliphatic rings. The smallest absolute Gasteiger partial charge is 0.254 e.